The summed E-state index contributed by atoms with van der Waals surface area (Å²) in [5.41, 5.74) is 12.3. The first kappa shape index (κ1) is 6.67. The van der Waals surface area contributed by atoms with Crippen LogP contribution < -0.4 is 16.8 Å². The largest absolute Gasteiger partial charge is 0.397 e. The van der Waals surface area contributed by atoms with Crippen LogP contribution >= 0.6 is 0 Å². The maximum absolute atomic E-state index is 5.55. The zero-order valence-electron chi connectivity index (χ0n) is 5.76. The van der Waals surface area contributed by atoms with Crippen LogP contribution in [0.4, 0.5) is 17.2 Å². The Balaban J connectivity index is 3.07. The van der Waals surface area contributed by atoms with Crippen molar-refractivity contribution in [1.29, 1.82) is 0 Å². The topological polar surface area (TPSA) is 77.0 Å². The predicted molar refractivity (Wildman–Crippen MR) is 42.6 cm³/mol. The lowest BCUT2D eigenvalue weighted by molar-refractivity contribution is 1.32. The number of hydrogen-bond donors (Lipinski definition) is 3. The van der Waals surface area contributed by atoms with E-state index in [1.54, 1.807) is 19.3 Å². The first-order valence-electron chi connectivity index (χ1n) is 2.93. The summed E-state index contributed by atoms with van der Waals surface area (Å²) in [4.78, 5) is 3.85. The Bertz CT molecular complexity index is 233. The SMILES string of the molecule is CNc1cnc(N)cc1N. The van der Waals surface area contributed by atoms with Gasteiger partial charge in [-0.15, -0.1) is 0 Å². The molecule has 1 rings (SSSR count). The van der Waals surface area contributed by atoms with E-state index in [1.165, 1.54) is 0 Å². The van der Waals surface area contributed by atoms with Crippen molar-refractivity contribution < 1.29 is 0 Å². The Kier molecular flexibility index (Phi) is 1.62. The minimum absolute atomic E-state index is 0.441. The number of pyridine rings is 1. The van der Waals surface area contributed by atoms with Crippen molar-refractivity contribution >= 4 is 17.2 Å². The van der Waals surface area contributed by atoms with Gasteiger partial charge in [-0.25, -0.2) is 4.98 Å². The van der Waals surface area contributed by atoms with Gasteiger partial charge in [-0.2, -0.15) is 0 Å². The second-order valence-corrected chi connectivity index (χ2v) is 1.95. The van der Waals surface area contributed by atoms with E-state index in [4.69, 9.17) is 11.5 Å². The summed E-state index contributed by atoms with van der Waals surface area (Å²) in [7, 11) is 1.78. The molecule has 0 fully saturated rings. The quantitative estimate of drug-likeness (QED) is 0.521. The molecule has 10 heavy (non-hydrogen) atoms. The molecule has 0 aliphatic rings. The fourth-order valence-electron chi connectivity index (χ4n) is 0.697. The summed E-state index contributed by atoms with van der Waals surface area (Å²) in [5, 5.41) is 2.88. The second-order valence-electron chi connectivity index (χ2n) is 1.95. The Morgan fingerprint density at radius 3 is 2.70 bits per heavy atom. The normalized spacial score (nSPS) is 9.30. The van der Waals surface area contributed by atoms with E-state index in [0.717, 1.165) is 5.69 Å². The van der Waals surface area contributed by atoms with Crippen molar-refractivity contribution in [3.63, 3.8) is 0 Å². The number of nitrogens with one attached hydrogen (secondary N) is 1. The standard InChI is InChI=1S/C6H10N4/c1-9-5-3-10-6(8)2-4(5)7/h2-3,9H,1H3,(H4,7,8,10). The number of hydrogen-bond acceptors (Lipinski definition) is 4. The number of nitrogen functional groups attached to an aromatic ring is 2. The monoisotopic (exact) mass is 138 g/mol. The molecule has 0 atom stereocenters. The molecule has 4 nitrogen and oxygen atoms in total. The van der Waals surface area contributed by atoms with Crippen LogP contribution in [0.15, 0.2) is 12.3 Å². The number of aromatic nitrogens is 1. The average Bonchev–Trinajstić information content (AvgIpc) is 1.88. The minimum atomic E-state index is 0.441. The van der Waals surface area contributed by atoms with Crippen LogP contribution in [0.2, 0.25) is 0 Å². The van der Waals surface area contributed by atoms with E-state index in [-0.39, 0.29) is 0 Å². The van der Waals surface area contributed by atoms with Crippen LogP contribution in [0, 0.1) is 0 Å². The van der Waals surface area contributed by atoms with Crippen LogP contribution in [0.5, 0.6) is 0 Å². The van der Waals surface area contributed by atoms with Crippen molar-refractivity contribution in [2.75, 3.05) is 23.8 Å². The predicted octanol–water partition coefficient (Wildman–Crippen LogP) is 0.288. The molecule has 0 aliphatic heterocycles. The van der Waals surface area contributed by atoms with Crippen molar-refractivity contribution in [2.24, 2.45) is 0 Å². The molecule has 0 bridgehead atoms. The van der Waals surface area contributed by atoms with E-state index in [0.29, 0.717) is 11.5 Å². The van der Waals surface area contributed by atoms with Gasteiger partial charge in [-0.05, 0) is 0 Å². The summed E-state index contributed by atoms with van der Waals surface area (Å²) in [5.74, 6) is 0.441. The fourth-order valence-corrected chi connectivity index (χ4v) is 0.697. The number of anilines is 3. The third-order valence-electron chi connectivity index (χ3n) is 1.23. The molecule has 4 heteroatoms. The van der Waals surface area contributed by atoms with Gasteiger partial charge in [-0.3, -0.25) is 0 Å². The Labute approximate surface area is 59.2 Å². The number of rotatable bonds is 1. The minimum Gasteiger partial charge on any atom is -0.397 e. The van der Waals surface area contributed by atoms with Crippen LogP contribution in [0.1, 0.15) is 0 Å². The van der Waals surface area contributed by atoms with E-state index in [9.17, 15) is 0 Å². The maximum atomic E-state index is 5.55. The summed E-state index contributed by atoms with van der Waals surface area (Å²) in [6, 6.07) is 1.62. The first-order chi connectivity index (χ1) is 4.74. The third kappa shape index (κ3) is 1.10. The fraction of sp³-hybridized carbons (Fsp3) is 0.167. The second kappa shape index (κ2) is 2.43. The summed E-state index contributed by atoms with van der Waals surface area (Å²) in [6.07, 6.45) is 1.60. The van der Waals surface area contributed by atoms with Crippen LogP contribution in [0.25, 0.3) is 0 Å². The highest BCUT2D eigenvalue weighted by Gasteiger charge is 1.95. The molecule has 1 aromatic rings. The highest BCUT2D eigenvalue weighted by atomic mass is 14.9. The lowest BCUT2D eigenvalue weighted by Crippen LogP contribution is -1.98. The lowest BCUT2D eigenvalue weighted by atomic mass is 10.3. The van der Waals surface area contributed by atoms with Gasteiger partial charge in [0.1, 0.15) is 5.82 Å². The van der Waals surface area contributed by atoms with Crippen molar-refractivity contribution in [2.45, 2.75) is 0 Å². The van der Waals surface area contributed by atoms with Gasteiger partial charge in [0.2, 0.25) is 0 Å². The van der Waals surface area contributed by atoms with Gasteiger partial charge in [0, 0.05) is 13.1 Å². The molecule has 0 amide bonds. The van der Waals surface area contributed by atoms with E-state index in [2.05, 4.69) is 10.3 Å². The summed E-state index contributed by atoms with van der Waals surface area (Å²) in [6.45, 7) is 0. The molecule has 1 aromatic heterocycles. The van der Waals surface area contributed by atoms with Crippen molar-refractivity contribution in [1.82, 2.24) is 4.98 Å². The zero-order chi connectivity index (χ0) is 7.56. The molecule has 0 spiro atoms. The average molecular weight is 138 g/mol. The van der Waals surface area contributed by atoms with Gasteiger partial charge >= 0.3 is 0 Å². The summed E-state index contributed by atoms with van der Waals surface area (Å²) < 4.78 is 0. The molecule has 1 heterocycles. The molecular formula is C6H10N4. The van der Waals surface area contributed by atoms with Gasteiger partial charge < -0.3 is 16.8 Å². The molecular weight excluding hydrogens is 128 g/mol. The zero-order valence-corrected chi connectivity index (χ0v) is 5.76. The Hall–Kier alpha value is -1.45. The first-order valence-corrected chi connectivity index (χ1v) is 2.93. The third-order valence-corrected chi connectivity index (χ3v) is 1.23. The molecule has 0 radical (unpaired) electrons. The molecule has 0 aliphatic carbocycles. The maximum Gasteiger partial charge on any atom is 0.125 e. The van der Waals surface area contributed by atoms with Gasteiger partial charge in [0.05, 0.1) is 17.6 Å². The molecule has 54 valence electrons. The van der Waals surface area contributed by atoms with Gasteiger partial charge in [-0.1, -0.05) is 0 Å². The van der Waals surface area contributed by atoms with Crippen LogP contribution in [-0.2, 0) is 0 Å². The van der Waals surface area contributed by atoms with Crippen molar-refractivity contribution in [3.8, 4) is 0 Å². The number of nitrogens with two attached hydrogens (primary N) is 2. The van der Waals surface area contributed by atoms with Crippen LogP contribution in [-0.4, -0.2) is 12.0 Å². The number of nitrogens with zero attached hydrogens (tertiary/aromatic N) is 1. The molecule has 0 saturated carbocycles. The van der Waals surface area contributed by atoms with Crippen LogP contribution in [0.3, 0.4) is 0 Å². The van der Waals surface area contributed by atoms with Gasteiger partial charge in [0.15, 0.2) is 0 Å². The molecule has 0 aromatic carbocycles. The van der Waals surface area contributed by atoms with Crippen molar-refractivity contribution in [3.05, 3.63) is 12.3 Å². The van der Waals surface area contributed by atoms with E-state index in [1.807, 2.05) is 0 Å². The lowest BCUT2D eigenvalue weighted by Gasteiger charge is -2.02. The molecule has 0 saturated heterocycles. The molecule has 0 unspecified atom stereocenters. The Morgan fingerprint density at radius 1 is 1.50 bits per heavy atom. The van der Waals surface area contributed by atoms with Gasteiger partial charge in [0.25, 0.3) is 0 Å². The molecule has 5 N–H and O–H groups in total. The van der Waals surface area contributed by atoms with E-state index < -0.39 is 0 Å². The van der Waals surface area contributed by atoms with E-state index >= 15 is 0 Å². The smallest absolute Gasteiger partial charge is 0.125 e. The highest BCUT2D eigenvalue weighted by Crippen LogP contribution is 2.16. The summed E-state index contributed by atoms with van der Waals surface area (Å²) >= 11 is 0. The highest BCUT2D eigenvalue weighted by molar-refractivity contribution is 5.67. The Morgan fingerprint density at radius 2 is 2.20 bits per heavy atom.